The monoisotopic (exact) mass is 221 g/mol. The number of nitrogens with one attached hydrogen (secondary N) is 1. The minimum atomic E-state index is -1.08. The summed E-state index contributed by atoms with van der Waals surface area (Å²) in [4.78, 5) is 21.3. The van der Waals surface area contributed by atoms with E-state index in [0.717, 1.165) is 17.7 Å². The maximum absolute atomic E-state index is 10.9. The molecule has 1 aliphatic heterocycles. The van der Waals surface area contributed by atoms with Gasteiger partial charge in [-0.1, -0.05) is 6.07 Å². The first-order valence-electron chi connectivity index (χ1n) is 4.90. The van der Waals surface area contributed by atoms with Crippen molar-refractivity contribution in [2.45, 2.75) is 12.5 Å². The second-order valence-corrected chi connectivity index (χ2v) is 3.52. The molecular formula is C11H11NO4. The predicted molar refractivity (Wildman–Crippen MR) is 55.2 cm³/mol. The molecule has 1 heterocycles. The second kappa shape index (κ2) is 4.22. The molecule has 0 spiro atoms. The average Bonchev–Trinajstić information content (AvgIpc) is 2.72. The van der Waals surface area contributed by atoms with Crippen molar-refractivity contribution in [3.05, 3.63) is 29.3 Å². The summed E-state index contributed by atoms with van der Waals surface area (Å²) in [7, 11) is 0. The zero-order valence-corrected chi connectivity index (χ0v) is 8.47. The number of fused-ring (bicyclic) bond motifs is 1. The van der Waals surface area contributed by atoms with Gasteiger partial charge in [0.2, 0.25) is 6.41 Å². The number of ether oxygens (including phenoxy) is 1. The number of carboxylic acid groups (broad SMARTS) is 1. The average molecular weight is 221 g/mol. The van der Waals surface area contributed by atoms with Crippen LogP contribution in [0.2, 0.25) is 0 Å². The van der Waals surface area contributed by atoms with Gasteiger partial charge in [0.15, 0.2) is 6.04 Å². The van der Waals surface area contributed by atoms with E-state index in [9.17, 15) is 9.59 Å². The third-order valence-electron chi connectivity index (χ3n) is 2.53. The Balaban J connectivity index is 2.31. The summed E-state index contributed by atoms with van der Waals surface area (Å²) in [5.41, 5.74) is 1.54. The highest BCUT2D eigenvalue weighted by molar-refractivity contribution is 5.78. The second-order valence-electron chi connectivity index (χ2n) is 3.52. The Kier molecular flexibility index (Phi) is 2.76. The van der Waals surface area contributed by atoms with Gasteiger partial charge >= 0.3 is 5.97 Å². The van der Waals surface area contributed by atoms with Crippen LogP contribution in [0.1, 0.15) is 17.2 Å². The first-order chi connectivity index (χ1) is 7.72. The maximum Gasteiger partial charge on any atom is 0.330 e. The fraction of sp³-hybridized carbons (Fsp3) is 0.273. The van der Waals surface area contributed by atoms with E-state index in [1.807, 2.05) is 0 Å². The molecule has 84 valence electrons. The molecule has 1 aromatic carbocycles. The van der Waals surface area contributed by atoms with Crippen molar-refractivity contribution < 1.29 is 19.4 Å². The van der Waals surface area contributed by atoms with Gasteiger partial charge in [-0.15, -0.1) is 0 Å². The van der Waals surface area contributed by atoms with E-state index in [0.29, 0.717) is 18.6 Å². The Labute approximate surface area is 92.0 Å². The van der Waals surface area contributed by atoms with Crippen LogP contribution in [-0.2, 0) is 16.0 Å². The highest BCUT2D eigenvalue weighted by Gasteiger charge is 2.21. The Morgan fingerprint density at radius 3 is 3.06 bits per heavy atom. The van der Waals surface area contributed by atoms with Crippen molar-refractivity contribution in [3.63, 3.8) is 0 Å². The maximum atomic E-state index is 10.9. The van der Waals surface area contributed by atoms with Gasteiger partial charge < -0.3 is 15.2 Å². The number of aliphatic carboxylic acids is 1. The lowest BCUT2D eigenvalue weighted by Crippen LogP contribution is -2.27. The predicted octanol–water partition coefficient (Wildman–Crippen LogP) is 0.493. The number of carbonyl (C=O) groups is 2. The van der Waals surface area contributed by atoms with Gasteiger partial charge in [0, 0.05) is 6.42 Å². The van der Waals surface area contributed by atoms with Gasteiger partial charge in [-0.2, -0.15) is 0 Å². The molecule has 0 radical (unpaired) electrons. The lowest BCUT2D eigenvalue weighted by atomic mass is 10.0. The number of hydrogen-bond acceptors (Lipinski definition) is 3. The van der Waals surface area contributed by atoms with Crippen LogP contribution in [0.25, 0.3) is 0 Å². The van der Waals surface area contributed by atoms with E-state index in [1.165, 1.54) is 0 Å². The number of hydrogen-bond donors (Lipinski definition) is 2. The van der Waals surface area contributed by atoms with Crippen LogP contribution < -0.4 is 10.1 Å². The summed E-state index contributed by atoms with van der Waals surface area (Å²) in [5.74, 6) is -0.287. The van der Waals surface area contributed by atoms with Crippen LogP contribution in [0, 0.1) is 0 Å². The molecule has 0 fully saturated rings. The molecule has 0 saturated carbocycles. The Bertz CT molecular complexity index is 430. The van der Waals surface area contributed by atoms with Crippen LogP contribution in [0.5, 0.6) is 5.75 Å². The summed E-state index contributed by atoms with van der Waals surface area (Å²) >= 11 is 0. The first-order valence-corrected chi connectivity index (χ1v) is 4.90. The summed E-state index contributed by atoms with van der Waals surface area (Å²) < 4.78 is 5.32. The normalized spacial score (nSPS) is 14.8. The molecule has 1 unspecified atom stereocenters. The van der Waals surface area contributed by atoms with E-state index in [-0.39, 0.29) is 0 Å². The molecule has 1 amide bonds. The minimum Gasteiger partial charge on any atom is -0.493 e. The van der Waals surface area contributed by atoms with E-state index in [2.05, 4.69) is 5.32 Å². The molecule has 1 atom stereocenters. The molecule has 0 aromatic heterocycles. The summed E-state index contributed by atoms with van der Waals surface area (Å²) in [6, 6.07) is 4.15. The first kappa shape index (κ1) is 10.5. The molecule has 1 aliphatic rings. The molecule has 0 bridgehead atoms. The highest BCUT2D eigenvalue weighted by Crippen LogP contribution is 2.28. The summed E-state index contributed by atoms with van der Waals surface area (Å²) in [6.45, 7) is 0.623. The van der Waals surface area contributed by atoms with Gasteiger partial charge in [0.25, 0.3) is 0 Å². The van der Waals surface area contributed by atoms with Gasteiger partial charge in [0.05, 0.1) is 6.61 Å². The number of carboxylic acids is 1. The SMILES string of the molecule is O=CNC(C(=O)O)c1ccc2c(c1)CCO2. The molecular weight excluding hydrogens is 210 g/mol. The van der Waals surface area contributed by atoms with Crippen molar-refractivity contribution in [3.8, 4) is 5.75 Å². The minimum absolute atomic E-state index is 0.391. The van der Waals surface area contributed by atoms with Crippen molar-refractivity contribution in [1.82, 2.24) is 5.32 Å². The third-order valence-corrected chi connectivity index (χ3v) is 2.53. The topological polar surface area (TPSA) is 75.6 Å². The number of amides is 1. The van der Waals surface area contributed by atoms with Crippen molar-refractivity contribution in [2.24, 2.45) is 0 Å². The molecule has 0 aliphatic carbocycles. The van der Waals surface area contributed by atoms with Crippen LogP contribution >= 0.6 is 0 Å². The van der Waals surface area contributed by atoms with Gasteiger partial charge in [-0.25, -0.2) is 4.79 Å². The van der Waals surface area contributed by atoms with Crippen LogP contribution in [0.3, 0.4) is 0 Å². The lowest BCUT2D eigenvalue weighted by molar-refractivity contribution is -0.140. The van der Waals surface area contributed by atoms with Crippen molar-refractivity contribution in [2.75, 3.05) is 6.61 Å². The van der Waals surface area contributed by atoms with E-state index in [1.54, 1.807) is 18.2 Å². The van der Waals surface area contributed by atoms with Crippen LogP contribution in [0.4, 0.5) is 0 Å². The zero-order chi connectivity index (χ0) is 11.5. The summed E-state index contributed by atoms with van der Waals surface area (Å²) in [6.07, 6.45) is 1.17. The van der Waals surface area contributed by atoms with Gasteiger partial charge in [-0.05, 0) is 23.3 Å². The molecule has 5 nitrogen and oxygen atoms in total. The zero-order valence-electron chi connectivity index (χ0n) is 8.47. The van der Waals surface area contributed by atoms with Crippen LogP contribution in [-0.4, -0.2) is 24.1 Å². The Morgan fingerprint density at radius 1 is 1.56 bits per heavy atom. The molecule has 2 rings (SSSR count). The van der Waals surface area contributed by atoms with E-state index >= 15 is 0 Å². The lowest BCUT2D eigenvalue weighted by Gasteiger charge is -2.12. The number of carbonyl (C=O) groups excluding carboxylic acids is 1. The molecule has 0 saturated heterocycles. The third kappa shape index (κ3) is 1.84. The van der Waals surface area contributed by atoms with Gasteiger partial charge in [0.1, 0.15) is 5.75 Å². The number of benzene rings is 1. The van der Waals surface area contributed by atoms with Crippen molar-refractivity contribution in [1.29, 1.82) is 0 Å². The fourth-order valence-electron chi connectivity index (χ4n) is 1.76. The van der Waals surface area contributed by atoms with E-state index in [4.69, 9.17) is 9.84 Å². The summed E-state index contributed by atoms with van der Waals surface area (Å²) in [5, 5.41) is 11.2. The van der Waals surface area contributed by atoms with E-state index < -0.39 is 12.0 Å². The van der Waals surface area contributed by atoms with Gasteiger partial charge in [-0.3, -0.25) is 4.79 Å². The highest BCUT2D eigenvalue weighted by atomic mass is 16.5. The standard InChI is InChI=1S/C11H11NO4/c13-6-12-10(11(14)15)8-1-2-9-7(5-8)3-4-16-9/h1-2,5-6,10H,3-4H2,(H,12,13)(H,14,15). The molecule has 1 aromatic rings. The Morgan fingerprint density at radius 2 is 2.38 bits per heavy atom. The largest absolute Gasteiger partial charge is 0.493 e. The van der Waals surface area contributed by atoms with Crippen molar-refractivity contribution >= 4 is 12.4 Å². The number of rotatable bonds is 4. The van der Waals surface area contributed by atoms with Crippen LogP contribution in [0.15, 0.2) is 18.2 Å². The quantitative estimate of drug-likeness (QED) is 0.726. The molecule has 2 N–H and O–H groups in total. The smallest absolute Gasteiger partial charge is 0.330 e. The Hall–Kier alpha value is -2.04. The molecule has 16 heavy (non-hydrogen) atoms. The molecule has 5 heteroatoms. The fourth-order valence-corrected chi connectivity index (χ4v) is 1.76.